The summed E-state index contributed by atoms with van der Waals surface area (Å²) in [4.78, 5) is 10.4. The topological polar surface area (TPSA) is 83.8 Å². The van der Waals surface area contributed by atoms with Crippen molar-refractivity contribution < 1.29 is 4.79 Å². The Labute approximate surface area is 57.6 Å². The van der Waals surface area contributed by atoms with Crippen LogP contribution in [0.25, 0.3) is 0 Å². The third-order valence-electron chi connectivity index (χ3n) is 0.902. The summed E-state index contributed by atoms with van der Waals surface area (Å²) in [7, 11) is 0. The van der Waals surface area contributed by atoms with E-state index in [4.69, 9.17) is 5.73 Å². The number of carbonyl (C=O) groups is 1. The molecule has 0 spiro atoms. The van der Waals surface area contributed by atoms with Gasteiger partial charge in [-0.3, -0.25) is 9.89 Å². The van der Waals surface area contributed by atoms with E-state index in [0.29, 0.717) is 11.6 Å². The molecule has 1 rings (SSSR count). The fraction of sp³-hybridized carbons (Fsp3) is 0.200. The average molecular weight is 140 g/mol. The molecule has 10 heavy (non-hydrogen) atoms. The molecule has 1 aromatic heterocycles. The van der Waals surface area contributed by atoms with E-state index in [1.54, 1.807) is 6.07 Å². The zero-order valence-corrected chi connectivity index (χ0v) is 5.51. The van der Waals surface area contributed by atoms with E-state index in [2.05, 4.69) is 15.5 Å². The molecule has 1 aromatic rings. The van der Waals surface area contributed by atoms with Gasteiger partial charge >= 0.3 is 0 Å². The van der Waals surface area contributed by atoms with Gasteiger partial charge in [-0.2, -0.15) is 5.10 Å². The smallest absolute Gasteiger partial charge is 0.222 e. The lowest BCUT2D eigenvalue weighted by atomic mass is 10.5. The Morgan fingerprint density at radius 1 is 1.90 bits per heavy atom. The van der Waals surface area contributed by atoms with Crippen LogP contribution in [0.2, 0.25) is 0 Å². The Balaban J connectivity index is 2.67. The summed E-state index contributed by atoms with van der Waals surface area (Å²) in [5.74, 6) is 0.722. The van der Waals surface area contributed by atoms with Gasteiger partial charge < -0.3 is 11.1 Å². The second kappa shape index (κ2) is 2.38. The fourth-order valence-electron chi connectivity index (χ4n) is 0.581. The standard InChI is InChI=1S/C5H8N4O/c1-3(10)7-5-2-4(6)8-9-5/h2H,1H3,(H4,6,7,8,9,10). The molecule has 5 nitrogen and oxygen atoms in total. The third-order valence-corrected chi connectivity index (χ3v) is 0.902. The number of nitrogen functional groups attached to an aromatic ring is 1. The van der Waals surface area contributed by atoms with E-state index in [-0.39, 0.29) is 5.91 Å². The van der Waals surface area contributed by atoms with Gasteiger partial charge in [-0.25, -0.2) is 0 Å². The Hall–Kier alpha value is -1.52. The van der Waals surface area contributed by atoms with Gasteiger partial charge in [-0.05, 0) is 0 Å². The first-order chi connectivity index (χ1) is 4.68. The maximum Gasteiger partial charge on any atom is 0.222 e. The number of aromatic nitrogens is 2. The van der Waals surface area contributed by atoms with Crippen LogP contribution in [0.4, 0.5) is 11.6 Å². The van der Waals surface area contributed by atoms with Crippen LogP contribution in [0.5, 0.6) is 0 Å². The number of nitrogens with two attached hydrogens (primary N) is 1. The number of rotatable bonds is 1. The zero-order chi connectivity index (χ0) is 7.56. The lowest BCUT2D eigenvalue weighted by Gasteiger charge is -1.91. The Bertz CT molecular complexity index is 242. The Morgan fingerprint density at radius 3 is 3.00 bits per heavy atom. The molecule has 0 radical (unpaired) electrons. The van der Waals surface area contributed by atoms with Crippen molar-refractivity contribution in [2.45, 2.75) is 6.92 Å². The number of hydrogen-bond acceptors (Lipinski definition) is 3. The number of nitrogens with zero attached hydrogens (tertiary/aromatic N) is 1. The molecule has 0 saturated heterocycles. The highest BCUT2D eigenvalue weighted by atomic mass is 16.1. The molecule has 1 amide bonds. The molecule has 0 bridgehead atoms. The molecule has 5 heteroatoms. The lowest BCUT2D eigenvalue weighted by molar-refractivity contribution is -0.114. The normalized spacial score (nSPS) is 9.30. The number of carbonyl (C=O) groups excluding carboxylic acids is 1. The van der Waals surface area contributed by atoms with Gasteiger partial charge in [0.1, 0.15) is 5.82 Å². The van der Waals surface area contributed by atoms with E-state index in [0.717, 1.165) is 0 Å². The molecule has 0 aliphatic carbocycles. The summed E-state index contributed by atoms with van der Waals surface area (Å²) < 4.78 is 0. The molecule has 4 N–H and O–H groups in total. The summed E-state index contributed by atoms with van der Waals surface area (Å²) in [5, 5.41) is 8.63. The molecule has 0 saturated carbocycles. The first-order valence-electron chi connectivity index (χ1n) is 2.77. The van der Waals surface area contributed by atoms with E-state index in [1.807, 2.05) is 0 Å². The van der Waals surface area contributed by atoms with Crippen molar-refractivity contribution in [1.82, 2.24) is 10.2 Å². The van der Waals surface area contributed by atoms with Crippen molar-refractivity contribution in [1.29, 1.82) is 0 Å². The molecular formula is C5H8N4O. The summed E-state index contributed by atoms with van der Waals surface area (Å²) in [6.45, 7) is 1.41. The quantitative estimate of drug-likeness (QED) is 0.511. The highest BCUT2D eigenvalue weighted by molar-refractivity contribution is 5.87. The van der Waals surface area contributed by atoms with Crippen molar-refractivity contribution >= 4 is 17.5 Å². The summed E-state index contributed by atoms with van der Waals surface area (Å²) in [5.41, 5.74) is 5.28. The van der Waals surface area contributed by atoms with Crippen LogP contribution in [0.1, 0.15) is 6.92 Å². The van der Waals surface area contributed by atoms with Crippen molar-refractivity contribution in [2.24, 2.45) is 0 Å². The maximum absolute atomic E-state index is 10.4. The zero-order valence-electron chi connectivity index (χ0n) is 5.51. The molecule has 0 aliphatic rings. The van der Waals surface area contributed by atoms with E-state index < -0.39 is 0 Å². The van der Waals surface area contributed by atoms with Crippen molar-refractivity contribution in [3.63, 3.8) is 0 Å². The highest BCUT2D eigenvalue weighted by Crippen LogP contribution is 2.04. The van der Waals surface area contributed by atoms with Gasteiger partial charge in [0.05, 0.1) is 0 Å². The van der Waals surface area contributed by atoms with Crippen LogP contribution < -0.4 is 11.1 Å². The fourth-order valence-corrected chi connectivity index (χ4v) is 0.581. The molecule has 54 valence electrons. The SMILES string of the molecule is CC(=O)Nc1cc(N)[nH]n1. The van der Waals surface area contributed by atoms with E-state index in [1.165, 1.54) is 6.92 Å². The Morgan fingerprint density at radius 2 is 2.60 bits per heavy atom. The summed E-state index contributed by atoms with van der Waals surface area (Å²) in [6.07, 6.45) is 0. The van der Waals surface area contributed by atoms with Crippen LogP contribution in [-0.2, 0) is 4.79 Å². The van der Waals surface area contributed by atoms with E-state index in [9.17, 15) is 4.79 Å². The second-order valence-corrected chi connectivity index (χ2v) is 1.89. The summed E-state index contributed by atoms with van der Waals surface area (Å²) in [6, 6.07) is 1.54. The number of H-pyrrole nitrogens is 1. The van der Waals surface area contributed by atoms with Crippen LogP contribution >= 0.6 is 0 Å². The molecule has 1 heterocycles. The van der Waals surface area contributed by atoms with Crippen molar-refractivity contribution in [3.05, 3.63) is 6.07 Å². The largest absolute Gasteiger partial charge is 0.384 e. The molecule has 0 aliphatic heterocycles. The van der Waals surface area contributed by atoms with Gasteiger partial charge in [-0.1, -0.05) is 0 Å². The van der Waals surface area contributed by atoms with Gasteiger partial charge in [0, 0.05) is 13.0 Å². The van der Waals surface area contributed by atoms with Crippen molar-refractivity contribution in [2.75, 3.05) is 11.1 Å². The van der Waals surface area contributed by atoms with E-state index >= 15 is 0 Å². The number of hydrogen-bond donors (Lipinski definition) is 3. The van der Waals surface area contributed by atoms with Crippen LogP contribution in [0, 0.1) is 0 Å². The Kier molecular flexibility index (Phi) is 1.57. The minimum atomic E-state index is -0.161. The third kappa shape index (κ3) is 1.48. The average Bonchev–Trinajstić information content (AvgIpc) is 2.13. The molecule has 0 atom stereocenters. The van der Waals surface area contributed by atoms with Gasteiger partial charge in [0.25, 0.3) is 0 Å². The minimum Gasteiger partial charge on any atom is -0.384 e. The van der Waals surface area contributed by atoms with Gasteiger partial charge in [-0.15, -0.1) is 0 Å². The second-order valence-electron chi connectivity index (χ2n) is 1.89. The summed E-state index contributed by atoms with van der Waals surface area (Å²) >= 11 is 0. The first-order valence-corrected chi connectivity index (χ1v) is 2.77. The number of amides is 1. The molecule has 0 aromatic carbocycles. The first kappa shape index (κ1) is 6.60. The van der Waals surface area contributed by atoms with Crippen LogP contribution in [-0.4, -0.2) is 16.1 Å². The number of nitrogens with one attached hydrogen (secondary N) is 2. The van der Waals surface area contributed by atoms with Crippen LogP contribution in [0.15, 0.2) is 6.07 Å². The predicted molar refractivity (Wildman–Crippen MR) is 37.3 cm³/mol. The highest BCUT2D eigenvalue weighted by Gasteiger charge is 1.97. The maximum atomic E-state index is 10.4. The predicted octanol–water partition coefficient (Wildman–Crippen LogP) is -0.0497. The lowest BCUT2D eigenvalue weighted by Crippen LogP contribution is -2.05. The molecule has 0 fully saturated rings. The monoisotopic (exact) mass is 140 g/mol. The molecule has 0 unspecified atom stereocenters. The number of aromatic amines is 1. The van der Waals surface area contributed by atoms with Gasteiger partial charge in [0.15, 0.2) is 5.82 Å². The van der Waals surface area contributed by atoms with Crippen molar-refractivity contribution in [3.8, 4) is 0 Å². The minimum absolute atomic E-state index is 0.161. The molecular weight excluding hydrogens is 132 g/mol. The number of anilines is 2. The van der Waals surface area contributed by atoms with Gasteiger partial charge in [0.2, 0.25) is 5.91 Å². The van der Waals surface area contributed by atoms with Crippen LogP contribution in [0.3, 0.4) is 0 Å².